The molecule has 3 aromatic rings. The summed E-state index contributed by atoms with van der Waals surface area (Å²) in [6.45, 7) is 0.351. The van der Waals surface area contributed by atoms with Crippen LogP contribution >= 0.6 is 28.1 Å². The molecule has 0 fully saturated rings. The average Bonchev–Trinajstić information content (AvgIpc) is 2.67. The summed E-state index contributed by atoms with van der Waals surface area (Å²) in [6, 6.07) is 13.2. The van der Waals surface area contributed by atoms with Crippen molar-refractivity contribution in [3.8, 4) is 11.5 Å². The molecule has 1 heterocycles. The van der Waals surface area contributed by atoms with E-state index in [4.69, 9.17) is 21.7 Å². The van der Waals surface area contributed by atoms with E-state index >= 15 is 0 Å². The lowest BCUT2D eigenvalue weighted by Gasteiger charge is -2.13. The number of H-pyrrole nitrogens is 1. The van der Waals surface area contributed by atoms with Gasteiger partial charge in [0.05, 0.1) is 13.3 Å². The van der Waals surface area contributed by atoms with E-state index in [-0.39, 0.29) is 4.77 Å². The molecular weight excluding hydrogens is 432 g/mol. The summed E-state index contributed by atoms with van der Waals surface area (Å²) in [5.74, 6) is 1.08. The number of benzene rings is 2. The maximum Gasteiger partial charge on any atom is 0.293 e. The van der Waals surface area contributed by atoms with Gasteiger partial charge in [-0.1, -0.05) is 34.1 Å². The minimum Gasteiger partial charge on any atom is -0.493 e. The summed E-state index contributed by atoms with van der Waals surface area (Å²) in [4.78, 5) is 11.8. The van der Waals surface area contributed by atoms with Crippen LogP contribution in [0.3, 0.4) is 0 Å². The number of para-hydroxylation sites is 1. The standard InChI is InChI=1S/C18H15BrN4O3S/c1-25-15-4-2-3-13(9-21-23-16(24)10-20-22-18(23)27)17(15)26-11-12-5-7-14(19)8-6-12/h2-10H,11H2,1H3,(H,22,27). The second-order valence-corrected chi connectivity index (χ2v) is 6.67. The predicted octanol–water partition coefficient (Wildman–Crippen LogP) is 3.53. The van der Waals surface area contributed by atoms with Crippen LogP contribution in [-0.2, 0) is 6.61 Å². The first kappa shape index (κ1) is 19.0. The van der Waals surface area contributed by atoms with Crippen molar-refractivity contribution in [1.82, 2.24) is 14.9 Å². The lowest BCUT2D eigenvalue weighted by Crippen LogP contribution is -2.18. The van der Waals surface area contributed by atoms with E-state index in [0.29, 0.717) is 23.7 Å². The highest BCUT2D eigenvalue weighted by atomic mass is 79.9. The molecule has 0 saturated heterocycles. The van der Waals surface area contributed by atoms with Crippen molar-refractivity contribution in [1.29, 1.82) is 0 Å². The van der Waals surface area contributed by atoms with Crippen LogP contribution in [-0.4, -0.2) is 28.2 Å². The molecule has 0 aliphatic rings. The highest BCUT2D eigenvalue weighted by molar-refractivity contribution is 9.10. The molecule has 0 saturated carbocycles. The van der Waals surface area contributed by atoms with Crippen LogP contribution in [0.1, 0.15) is 11.1 Å². The fourth-order valence-corrected chi connectivity index (χ4v) is 2.71. The van der Waals surface area contributed by atoms with E-state index in [1.54, 1.807) is 13.2 Å². The molecule has 1 N–H and O–H groups in total. The number of methoxy groups -OCH3 is 1. The molecule has 0 atom stereocenters. The number of ether oxygens (including phenoxy) is 2. The number of aromatic amines is 1. The first-order chi connectivity index (χ1) is 13.1. The van der Waals surface area contributed by atoms with Crippen LogP contribution < -0.4 is 15.0 Å². The maximum atomic E-state index is 11.8. The van der Waals surface area contributed by atoms with Gasteiger partial charge in [0.25, 0.3) is 5.56 Å². The molecule has 0 aliphatic heterocycles. The van der Waals surface area contributed by atoms with Crippen LogP contribution in [0.4, 0.5) is 0 Å². The third-order valence-electron chi connectivity index (χ3n) is 3.57. The molecule has 7 nitrogen and oxygen atoms in total. The van der Waals surface area contributed by atoms with Crippen LogP contribution in [0.2, 0.25) is 0 Å². The number of rotatable bonds is 6. The van der Waals surface area contributed by atoms with Crippen molar-refractivity contribution in [2.24, 2.45) is 5.10 Å². The molecular formula is C18H15BrN4O3S. The van der Waals surface area contributed by atoms with E-state index in [9.17, 15) is 4.79 Å². The molecule has 9 heteroatoms. The van der Waals surface area contributed by atoms with Crippen LogP contribution in [0.25, 0.3) is 0 Å². The molecule has 0 radical (unpaired) electrons. The van der Waals surface area contributed by atoms with Crippen LogP contribution in [0, 0.1) is 4.77 Å². The largest absolute Gasteiger partial charge is 0.493 e. The predicted molar refractivity (Wildman–Crippen MR) is 108 cm³/mol. The van der Waals surface area contributed by atoms with Gasteiger partial charge in [-0.15, -0.1) is 0 Å². The van der Waals surface area contributed by atoms with Gasteiger partial charge in [0.2, 0.25) is 4.77 Å². The van der Waals surface area contributed by atoms with Crippen molar-refractivity contribution in [2.45, 2.75) is 6.61 Å². The minimum absolute atomic E-state index is 0.0963. The Morgan fingerprint density at radius 1 is 1.30 bits per heavy atom. The molecule has 138 valence electrons. The van der Waals surface area contributed by atoms with Crippen molar-refractivity contribution in [2.75, 3.05) is 7.11 Å². The molecule has 27 heavy (non-hydrogen) atoms. The summed E-state index contributed by atoms with van der Waals surface area (Å²) >= 11 is 8.44. The van der Waals surface area contributed by atoms with Gasteiger partial charge in [-0.25, -0.2) is 0 Å². The highest BCUT2D eigenvalue weighted by Gasteiger charge is 2.10. The number of halogens is 1. The van der Waals surface area contributed by atoms with Gasteiger partial charge < -0.3 is 9.47 Å². The summed E-state index contributed by atoms with van der Waals surface area (Å²) in [5.41, 5.74) is 1.21. The van der Waals surface area contributed by atoms with Crippen molar-refractivity contribution >= 4 is 34.4 Å². The number of hydrogen-bond donors (Lipinski definition) is 1. The molecule has 0 unspecified atom stereocenters. The van der Waals surface area contributed by atoms with Crippen LogP contribution in [0.5, 0.6) is 11.5 Å². The first-order valence-electron chi connectivity index (χ1n) is 7.84. The third kappa shape index (κ3) is 4.69. The highest BCUT2D eigenvalue weighted by Crippen LogP contribution is 2.31. The molecule has 0 bridgehead atoms. The van der Waals surface area contributed by atoms with Crippen molar-refractivity contribution < 1.29 is 9.47 Å². The number of hydrogen-bond acceptors (Lipinski definition) is 6. The van der Waals surface area contributed by atoms with E-state index in [0.717, 1.165) is 20.9 Å². The summed E-state index contributed by atoms with van der Waals surface area (Å²) < 4.78 is 13.5. The molecule has 0 aliphatic carbocycles. The van der Waals surface area contributed by atoms with Gasteiger partial charge in [-0.05, 0) is 42.0 Å². The normalized spacial score (nSPS) is 10.9. The van der Waals surface area contributed by atoms with Crippen molar-refractivity contribution in [3.05, 3.63) is 79.4 Å². The van der Waals surface area contributed by atoms with Crippen LogP contribution in [0.15, 0.2) is 63.0 Å². The zero-order chi connectivity index (χ0) is 19.2. The summed E-state index contributed by atoms with van der Waals surface area (Å²) in [6.07, 6.45) is 2.59. The first-order valence-corrected chi connectivity index (χ1v) is 9.04. The fourth-order valence-electron chi connectivity index (χ4n) is 2.26. The summed E-state index contributed by atoms with van der Waals surface area (Å²) in [5, 5.41) is 10.3. The quantitative estimate of drug-likeness (QED) is 0.462. The molecule has 0 spiro atoms. The van der Waals surface area contributed by atoms with E-state index in [2.05, 4.69) is 31.2 Å². The van der Waals surface area contributed by atoms with E-state index < -0.39 is 5.56 Å². The molecule has 1 aromatic heterocycles. The van der Waals surface area contributed by atoms with Gasteiger partial charge >= 0.3 is 0 Å². The van der Waals surface area contributed by atoms with Gasteiger partial charge in [-0.3, -0.25) is 9.89 Å². The number of nitrogens with zero attached hydrogens (tertiary/aromatic N) is 3. The number of aromatic nitrogens is 3. The second kappa shape index (κ2) is 8.74. The Morgan fingerprint density at radius 2 is 2.07 bits per heavy atom. The lowest BCUT2D eigenvalue weighted by molar-refractivity contribution is 0.284. The Kier molecular flexibility index (Phi) is 6.15. The Hall–Kier alpha value is -2.78. The number of nitrogens with one attached hydrogen (secondary N) is 1. The minimum atomic E-state index is -0.435. The monoisotopic (exact) mass is 446 g/mol. The maximum absolute atomic E-state index is 11.8. The van der Waals surface area contributed by atoms with Crippen molar-refractivity contribution in [3.63, 3.8) is 0 Å². The van der Waals surface area contributed by atoms with Gasteiger partial charge in [-0.2, -0.15) is 14.9 Å². The smallest absolute Gasteiger partial charge is 0.293 e. The Balaban J connectivity index is 1.91. The zero-order valence-electron chi connectivity index (χ0n) is 14.3. The van der Waals surface area contributed by atoms with Gasteiger partial charge in [0, 0.05) is 10.0 Å². The topological polar surface area (TPSA) is 81.5 Å². The SMILES string of the molecule is COc1cccc(C=Nn2c(=O)cn[nH]c2=S)c1OCc1ccc(Br)cc1. The lowest BCUT2D eigenvalue weighted by atomic mass is 10.2. The average molecular weight is 447 g/mol. The Labute approximate surface area is 168 Å². The fraction of sp³-hybridized carbons (Fsp3) is 0.111. The Morgan fingerprint density at radius 3 is 2.78 bits per heavy atom. The van der Waals surface area contributed by atoms with E-state index in [1.807, 2.05) is 36.4 Å². The van der Waals surface area contributed by atoms with E-state index in [1.165, 1.54) is 6.21 Å². The van der Waals surface area contributed by atoms with Gasteiger partial charge in [0.1, 0.15) is 12.8 Å². The second-order valence-electron chi connectivity index (χ2n) is 5.36. The molecule has 0 amide bonds. The Bertz CT molecular complexity index is 1050. The molecule has 2 aromatic carbocycles. The molecule has 3 rings (SSSR count). The van der Waals surface area contributed by atoms with Gasteiger partial charge in [0.15, 0.2) is 11.5 Å². The zero-order valence-corrected chi connectivity index (χ0v) is 16.7. The third-order valence-corrected chi connectivity index (χ3v) is 4.37. The summed E-state index contributed by atoms with van der Waals surface area (Å²) in [7, 11) is 1.56.